The summed E-state index contributed by atoms with van der Waals surface area (Å²) in [7, 11) is 2.08. The van der Waals surface area contributed by atoms with Crippen LogP contribution in [0.5, 0.6) is 0 Å². The second kappa shape index (κ2) is 4.85. The molecule has 0 radical (unpaired) electrons. The molecule has 2 atom stereocenters. The lowest BCUT2D eigenvalue weighted by Gasteiger charge is -2.19. The Labute approximate surface area is 101 Å². The Morgan fingerprint density at radius 1 is 1.59 bits per heavy atom. The number of rotatable bonds is 3. The van der Waals surface area contributed by atoms with Crippen molar-refractivity contribution in [2.45, 2.75) is 12.5 Å². The summed E-state index contributed by atoms with van der Waals surface area (Å²) in [6.07, 6.45) is 1.08. The summed E-state index contributed by atoms with van der Waals surface area (Å²) in [4.78, 5) is 13.2. The van der Waals surface area contributed by atoms with Gasteiger partial charge in [-0.2, -0.15) is 0 Å². The average molecular weight is 234 g/mol. The average Bonchev–Trinajstić information content (AvgIpc) is 2.75. The van der Waals surface area contributed by atoms with Gasteiger partial charge in [-0.15, -0.1) is 0 Å². The summed E-state index contributed by atoms with van der Waals surface area (Å²) in [5, 5.41) is 8.95. The number of hydrogen-bond acceptors (Lipinski definition) is 3. The maximum Gasteiger partial charge on any atom is 0.335 e. The van der Waals surface area contributed by atoms with Crippen molar-refractivity contribution in [2.24, 2.45) is 11.7 Å². The minimum atomic E-state index is -0.900. The Kier molecular flexibility index (Phi) is 3.45. The van der Waals surface area contributed by atoms with Gasteiger partial charge >= 0.3 is 5.97 Å². The van der Waals surface area contributed by atoms with Crippen LogP contribution >= 0.6 is 0 Å². The molecule has 3 N–H and O–H groups in total. The molecule has 1 heterocycles. The van der Waals surface area contributed by atoms with Gasteiger partial charge < -0.3 is 15.7 Å². The van der Waals surface area contributed by atoms with Crippen molar-refractivity contribution < 1.29 is 9.90 Å². The topological polar surface area (TPSA) is 66.6 Å². The maximum atomic E-state index is 10.9. The van der Waals surface area contributed by atoms with E-state index in [2.05, 4.69) is 11.9 Å². The van der Waals surface area contributed by atoms with Crippen LogP contribution in [0, 0.1) is 5.92 Å². The quantitative estimate of drug-likeness (QED) is 0.828. The number of likely N-dealkylation sites (tertiary alicyclic amines) is 1. The van der Waals surface area contributed by atoms with E-state index in [1.807, 2.05) is 6.07 Å². The number of hydrogen-bond donors (Lipinski definition) is 2. The largest absolute Gasteiger partial charge is 0.478 e. The van der Waals surface area contributed by atoms with E-state index in [9.17, 15) is 4.79 Å². The maximum absolute atomic E-state index is 10.9. The Bertz CT molecular complexity index is 420. The van der Waals surface area contributed by atoms with Crippen LogP contribution in [-0.4, -0.2) is 36.1 Å². The van der Waals surface area contributed by atoms with Crippen LogP contribution in [0.1, 0.15) is 28.4 Å². The first kappa shape index (κ1) is 12.1. The fourth-order valence-electron chi connectivity index (χ4n) is 2.41. The van der Waals surface area contributed by atoms with Crippen LogP contribution in [0.3, 0.4) is 0 Å². The van der Waals surface area contributed by atoms with Crippen LogP contribution in [0.15, 0.2) is 24.3 Å². The normalized spacial score (nSPS) is 22.6. The van der Waals surface area contributed by atoms with Gasteiger partial charge in [-0.1, -0.05) is 12.1 Å². The fraction of sp³-hybridized carbons (Fsp3) is 0.462. The van der Waals surface area contributed by atoms with E-state index in [0.29, 0.717) is 11.5 Å². The molecule has 0 spiro atoms. The van der Waals surface area contributed by atoms with Gasteiger partial charge in [0.05, 0.1) is 5.56 Å². The summed E-state index contributed by atoms with van der Waals surface area (Å²) in [6.45, 7) is 2.05. The zero-order valence-electron chi connectivity index (χ0n) is 9.97. The Morgan fingerprint density at radius 3 is 2.94 bits per heavy atom. The van der Waals surface area contributed by atoms with E-state index in [1.165, 1.54) is 0 Å². The highest BCUT2D eigenvalue weighted by Gasteiger charge is 2.26. The molecule has 0 aliphatic carbocycles. The second-order valence-corrected chi connectivity index (χ2v) is 4.77. The minimum Gasteiger partial charge on any atom is -0.478 e. The van der Waals surface area contributed by atoms with Gasteiger partial charge in [0.25, 0.3) is 0 Å². The van der Waals surface area contributed by atoms with E-state index in [4.69, 9.17) is 10.8 Å². The van der Waals surface area contributed by atoms with Crippen molar-refractivity contribution in [3.63, 3.8) is 0 Å². The predicted octanol–water partition coefficient (Wildman–Crippen LogP) is 1.34. The summed E-state index contributed by atoms with van der Waals surface area (Å²) < 4.78 is 0. The lowest BCUT2D eigenvalue weighted by Crippen LogP contribution is -2.24. The molecule has 0 bridgehead atoms. The first-order valence-electron chi connectivity index (χ1n) is 5.85. The molecule has 1 saturated heterocycles. The third-order valence-electron chi connectivity index (χ3n) is 3.45. The Hall–Kier alpha value is -1.39. The molecule has 2 unspecified atom stereocenters. The summed E-state index contributed by atoms with van der Waals surface area (Å²) in [6, 6.07) is 6.89. The molecular formula is C13H18N2O2. The lowest BCUT2D eigenvalue weighted by atomic mass is 9.92. The van der Waals surface area contributed by atoms with Crippen LogP contribution in [0.25, 0.3) is 0 Å². The van der Waals surface area contributed by atoms with Gasteiger partial charge in [0, 0.05) is 12.6 Å². The van der Waals surface area contributed by atoms with E-state index in [-0.39, 0.29) is 6.04 Å². The molecule has 4 heteroatoms. The summed E-state index contributed by atoms with van der Waals surface area (Å²) in [5.41, 5.74) is 7.44. The van der Waals surface area contributed by atoms with Gasteiger partial charge in [0.2, 0.25) is 0 Å². The predicted molar refractivity (Wildman–Crippen MR) is 65.9 cm³/mol. The number of aromatic carboxylic acids is 1. The molecular weight excluding hydrogens is 216 g/mol. The summed E-state index contributed by atoms with van der Waals surface area (Å²) >= 11 is 0. The van der Waals surface area contributed by atoms with E-state index >= 15 is 0 Å². The molecule has 1 fully saturated rings. The van der Waals surface area contributed by atoms with Crippen molar-refractivity contribution >= 4 is 5.97 Å². The Balaban J connectivity index is 2.16. The molecule has 0 aromatic heterocycles. The highest BCUT2D eigenvalue weighted by atomic mass is 16.4. The number of carbonyl (C=O) groups is 1. The Morgan fingerprint density at radius 2 is 2.35 bits per heavy atom. The standard InChI is InChI=1S/C13H18N2O2/c1-15-6-5-11(8-15)12(14)9-3-2-4-10(7-9)13(16)17/h2-4,7,11-12H,5-6,8,14H2,1H3,(H,16,17). The molecule has 4 nitrogen and oxygen atoms in total. The number of carboxylic acids is 1. The highest BCUT2D eigenvalue weighted by molar-refractivity contribution is 5.87. The molecule has 17 heavy (non-hydrogen) atoms. The monoisotopic (exact) mass is 234 g/mol. The molecule has 1 aliphatic heterocycles. The van der Waals surface area contributed by atoms with Gasteiger partial charge in [0.15, 0.2) is 0 Å². The highest BCUT2D eigenvalue weighted by Crippen LogP contribution is 2.27. The lowest BCUT2D eigenvalue weighted by molar-refractivity contribution is 0.0696. The molecule has 1 aromatic carbocycles. The van der Waals surface area contributed by atoms with Crippen LogP contribution in [0.4, 0.5) is 0 Å². The van der Waals surface area contributed by atoms with E-state index < -0.39 is 5.97 Å². The van der Waals surface area contributed by atoms with Gasteiger partial charge in [-0.3, -0.25) is 0 Å². The smallest absolute Gasteiger partial charge is 0.335 e. The molecule has 1 aliphatic rings. The fourth-order valence-corrected chi connectivity index (χ4v) is 2.41. The molecule has 2 rings (SSSR count). The summed E-state index contributed by atoms with van der Waals surface area (Å²) in [5.74, 6) is -0.480. The number of nitrogens with two attached hydrogens (primary N) is 1. The van der Waals surface area contributed by atoms with E-state index in [0.717, 1.165) is 25.1 Å². The van der Waals surface area contributed by atoms with E-state index in [1.54, 1.807) is 18.2 Å². The number of carboxylic acid groups (broad SMARTS) is 1. The molecule has 1 aromatic rings. The van der Waals surface area contributed by atoms with Crippen LogP contribution < -0.4 is 5.73 Å². The number of nitrogens with zero attached hydrogens (tertiary/aromatic N) is 1. The van der Waals surface area contributed by atoms with Crippen molar-refractivity contribution in [3.05, 3.63) is 35.4 Å². The zero-order valence-corrected chi connectivity index (χ0v) is 9.97. The van der Waals surface area contributed by atoms with Gasteiger partial charge in [-0.25, -0.2) is 4.79 Å². The first-order chi connectivity index (χ1) is 8.08. The first-order valence-corrected chi connectivity index (χ1v) is 5.85. The molecule has 0 amide bonds. The minimum absolute atomic E-state index is 0.0701. The van der Waals surface area contributed by atoms with Crippen molar-refractivity contribution in [2.75, 3.05) is 20.1 Å². The molecule has 92 valence electrons. The van der Waals surface area contributed by atoms with Gasteiger partial charge in [0.1, 0.15) is 0 Å². The third-order valence-corrected chi connectivity index (χ3v) is 3.45. The van der Waals surface area contributed by atoms with Crippen molar-refractivity contribution in [3.8, 4) is 0 Å². The SMILES string of the molecule is CN1CCC(C(N)c2cccc(C(=O)O)c2)C1. The zero-order chi connectivity index (χ0) is 12.4. The van der Waals surface area contributed by atoms with Crippen LogP contribution in [-0.2, 0) is 0 Å². The third kappa shape index (κ3) is 2.65. The van der Waals surface area contributed by atoms with Crippen LogP contribution in [0.2, 0.25) is 0 Å². The number of benzene rings is 1. The van der Waals surface area contributed by atoms with Crippen molar-refractivity contribution in [1.29, 1.82) is 0 Å². The van der Waals surface area contributed by atoms with Gasteiger partial charge in [-0.05, 0) is 43.6 Å². The van der Waals surface area contributed by atoms with Crippen molar-refractivity contribution in [1.82, 2.24) is 4.90 Å². The molecule has 0 saturated carbocycles. The second-order valence-electron chi connectivity index (χ2n) is 4.77.